The fourth-order valence-corrected chi connectivity index (χ4v) is 7.97. The lowest BCUT2D eigenvalue weighted by Crippen LogP contribution is -2.58. The van der Waals surface area contributed by atoms with Crippen LogP contribution in [0.25, 0.3) is 0 Å². The lowest BCUT2D eigenvalue weighted by Gasteiger charge is -2.40. The highest BCUT2D eigenvalue weighted by Crippen LogP contribution is 2.36. The zero-order valence-corrected chi connectivity index (χ0v) is 26.4. The summed E-state index contributed by atoms with van der Waals surface area (Å²) in [7, 11) is -2.42. The number of carbonyl (C=O) groups is 1. The molecule has 2 heterocycles. The van der Waals surface area contributed by atoms with Gasteiger partial charge in [-0.3, -0.25) is 4.90 Å². The first kappa shape index (κ1) is 33.7. The van der Waals surface area contributed by atoms with E-state index in [0.29, 0.717) is 38.0 Å². The number of fused-ring (bicyclic) bond motifs is 1. The number of rotatable bonds is 15. The fraction of sp³-hybridized carbons (Fsp3) is 0.562. The number of benzene rings is 2. The van der Waals surface area contributed by atoms with E-state index in [2.05, 4.69) is 11.4 Å². The van der Waals surface area contributed by atoms with Crippen LogP contribution in [-0.4, -0.2) is 91.8 Å². The average molecular weight is 629 g/mol. The molecular weight excluding hydrogens is 584 g/mol. The predicted molar refractivity (Wildman–Crippen MR) is 165 cm³/mol. The Balaban J connectivity index is 1.71. The number of aliphatic hydroxyl groups is 1. The molecule has 0 aromatic heterocycles. The molecule has 2 aliphatic rings. The van der Waals surface area contributed by atoms with Gasteiger partial charge in [0.25, 0.3) is 0 Å². The van der Waals surface area contributed by atoms with Crippen molar-refractivity contribution >= 4 is 21.8 Å². The zero-order valence-electron chi connectivity index (χ0n) is 25.6. The van der Waals surface area contributed by atoms with Crippen molar-refractivity contribution in [3.63, 3.8) is 0 Å². The van der Waals surface area contributed by atoms with E-state index in [9.17, 15) is 23.4 Å². The number of aliphatic hydroxyl groups excluding tert-OH is 1. The van der Waals surface area contributed by atoms with Crippen LogP contribution in [0.4, 0.5) is 10.5 Å². The summed E-state index contributed by atoms with van der Waals surface area (Å²) in [6.45, 7) is 4.20. The number of nitrogens with zero attached hydrogens (tertiary/aromatic N) is 3. The molecule has 0 unspecified atom stereocenters. The van der Waals surface area contributed by atoms with Crippen LogP contribution in [0.5, 0.6) is 0 Å². The average Bonchev–Trinajstić information content (AvgIpc) is 3.62. The number of anilines is 1. The third kappa shape index (κ3) is 8.08. The highest BCUT2D eigenvalue weighted by Gasteiger charge is 2.49. The molecule has 2 aromatic carbocycles. The SMILES string of the molecule is CNc1cccc(S(=O)(=O)N(C[C@@H](O)[C@H](Cc2ccccc2)N(C(=O)O)[C@H]2CO[C@H]3OCC[C@H]32)CC(C)(C)CCCC#N)c1. The van der Waals surface area contributed by atoms with Crippen LogP contribution < -0.4 is 5.32 Å². The van der Waals surface area contributed by atoms with Gasteiger partial charge in [0.05, 0.1) is 42.4 Å². The van der Waals surface area contributed by atoms with Crippen molar-refractivity contribution in [3.8, 4) is 6.07 Å². The summed E-state index contributed by atoms with van der Waals surface area (Å²) >= 11 is 0. The largest absolute Gasteiger partial charge is 0.465 e. The molecule has 4 rings (SSSR count). The number of nitriles is 1. The lowest BCUT2D eigenvalue weighted by atomic mass is 9.87. The quantitative estimate of drug-likeness (QED) is 0.247. The molecular formula is C32H44N4O7S. The Morgan fingerprint density at radius 1 is 1.18 bits per heavy atom. The Morgan fingerprint density at radius 3 is 2.61 bits per heavy atom. The van der Waals surface area contributed by atoms with Gasteiger partial charge in [-0.2, -0.15) is 9.57 Å². The van der Waals surface area contributed by atoms with Gasteiger partial charge >= 0.3 is 6.09 Å². The minimum atomic E-state index is -4.12. The molecule has 0 saturated carbocycles. The summed E-state index contributed by atoms with van der Waals surface area (Å²) in [5.41, 5.74) is 0.904. The smallest absolute Gasteiger partial charge is 0.407 e. The van der Waals surface area contributed by atoms with Gasteiger partial charge in [0.15, 0.2) is 6.29 Å². The van der Waals surface area contributed by atoms with Crippen molar-refractivity contribution in [2.75, 3.05) is 38.7 Å². The topological polar surface area (TPSA) is 152 Å². The molecule has 240 valence electrons. The lowest BCUT2D eigenvalue weighted by molar-refractivity contribution is -0.0906. The van der Waals surface area contributed by atoms with Crippen molar-refractivity contribution in [1.82, 2.24) is 9.21 Å². The number of sulfonamides is 1. The first-order valence-electron chi connectivity index (χ1n) is 15.1. The summed E-state index contributed by atoms with van der Waals surface area (Å²) in [6.07, 6.45) is -0.720. The third-order valence-corrected chi connectivity index (χ3v) is 10.4. The van der Waals surface area contributed by atoms with E-state index in [-0.39, 0.29) is 36.9 Å². The van der Waals surface area contributed by atoms with Crippen LogP contribution >= 0.6 is 0 Å². The van der Waals surface area contributed by atoms with Crippen molar-refractivity contribution < 1.29 is 32.9 Å². The second-order valence-electron chi connectivity index (χ2n) is 12.4. The molecule has 44 heavy (non-hydrogen) atoms. The Bertz CT molecular complexity index is 1400. The second kappa shape index (κ2) is 14.7. The van der Waals surface area contributed by atoms with Gasteiger partial charge in [-0.25, -0.2) is 13.2 Å². The maximum atomic E-state index is 14.2. The number of nitrogens with one attached hydrogen (secondary N) is 1. The first-order chi connectivity index (χ1) is 21.0. The van der Waals surface area contributed by atoms with Crippen LogP contribution in [0.2, 0.25) is 0 Å². The van der Waals surface area contributed by atoms with Crippen LogP contribution in [-0.2, 0) is 25.9 Å². The van der Waals surface area contributed by atoms with Gasteiger partial charge in [0, 0.05) is 38.2 Å². The van der Waals surface area contributed by atoms with Gasteiger partial charge in [0.2, 0.25) is 10.0 Å². The van der Waals surface area contributed by atoms with Crippen molar-refractivity contribution in [3.05, 3.63) is 60.2 Å². The van der Waals surface area contributed by atoms with E-state index >= 15 is 0 Å². The normalized spacial score (nSPS) is 21.4. The molecule has 2 aliphatic heterocycles. The molecule has 2 aromatic rings. The zero-order chi connectivity index (χ0) is 31.9. The third-order valence-electron chi connectivity index (χ3n) is 8.57. The molecule has 0 bridgehead atoms. The number of ether oxygens (including phenoxy) is 2. The van der Waals surface area contributed by atoms with Crippen LogP contribution in [0.1, 0.15) is 45.1 Å². The van der Waals surface area contributed by atoms with E-state index < -0.39 is 46.0 Å². The van der Waals surface area contributed by atoms with Gasteiger partial charge < -0.3 is 25.0 Å². The first-order valence-corrected chi connectivity index (χ1v) is 16.5. The second-order valence-corrected chi connectivity index (χ2v) is 14.3. The van der Waals surface area contributed by atoms with Gasteiger partial charge in [0.1, 0.15) is 0 Å². The van der Waals surface area contributed by atoms with Crippen LogP contribution in [0.15, 0.2) is 59.5 Å². The predicted octanol–water partition coefficient (Wildman–Crippen LogP) is 4.15. The molecule has 0 aliphatic carbocycles. The Hall–Kier alpha value is -3.21. The number of unbranched alkanes of at least 4 members (excludes halogenated alkanes) is 1. The number of amides is 1. The van der Waals surface area contributed by atoms with E-state index in [1.165, 1.54) is 15.3 Å². The molecule has 1 amide bonds. The maximum absolute atomic E-state index is 14.2. The van der Waals surface area contributed by atoms with Gasteiger partial charge in [-0.15, -0.1) is 0 Å². The molecule has 3 N–H and O–H groups in total. The Kier molecular flexibility index (Phi) is 11.3. The number of carboxylic acid groups (broad SMARTS) is 1. The summed E-state index contributed by atoms with van der Waals surface area (Å²) < 4.78 is 41.1. The molecule has 0 spiro atoms. The molecule has 2 saturated heterocycles. The summed E-state index contributed by atoms with van der Waals surface area (Å²) in [6, 6.07) is 16.4. The number of hydrogen-bond donors (Lipinski definition) is 3. The van der Waals surface area contributed by atoms with Crippen molar-refractivity contribution in [1.29, 1.82) is 5.26 Å². The molecule has 5 atom stereocenters. The highest BCUT2D eigenvalue weighted by atomic mass is 32.2. The van der Waals surface area contributed by atoms with E-state index in [1.54, 1.807) is 25.2 Å². The van der Waals surface area contributed by atoms with E-state index in [4.69, 9.17) is 14.7 Å². The van der Waals surface area contributed by atoms with Crippen LogP contribution in [0.3, 0.4) is 0 Å². The van der Waals surface area contributed by atoms with E-state index in [0.717, 1.165) is 5.56 Å². The molecule has 2 fully saturated rings. The van der Waals surface area contributed by atoms with Gasteiger partial charge in [-0.1, -0.05) is 50.2 Å². The minimum Gasteiger partial charge on any atom is -0.465 e. The fourth-order valence-electron chi connectivity index (χ4n) is 6.28. The maximum Gasteiger partial charge on any atom is 0.407 e. The summed E-state index contributed by atoms with van der Waals surface area (Å²) in [5.74, 6) is -0.181. The molecule has 0 radical (unpaired) electrons. The van der Waals surface area contributed by atoms with Crippen molar-refractivity contribution in [2.24, 2.45) is 11.3 Å². The summed E-state index contributed by atoms with van der Waals surface area (Å²) in [4.78, 5) is 14.2. The monoisotopic (exact) mass is 628 g/mol. The Labute approximate surface area is 260 Å². The standard InChI is InChI=1S/C32H44N4O7S/c1-32(2,15-7-8-16-33)22-35(44(40,41)25-13-9-12-24(19-25)34-3)20-29(37)27(18-23-10-5-4-6-11-23)36(31(38)39)28-21-43-30-26(28)14-17-42-30/h4-6,9-13,19,26-30,34,37H,7-8,14-15,17-18,20-22H2,1-3H3,(H,38,39)/t26-,27-,28-,29+,30+/m0/s1. The van der Waals surface area contributed by atoms with E-state index in [1.807, 2.05) is 44.2 Å². The van der Waals surface area contributed by atoms with Gasteiger partial charge in [-0.05, 0) is 54.9 Å². The molecule has 12 heteroatoms. The minimum absolute atomic E-state index is 0.0641. The highest BCUT2D eigenvalue weighted by molar-refractivity contribution is 7.89. The molecule has 11 nitrogen and oxygen atoms in total. The summed E-state index contributed by atoms with van der Waals surface area (Å²) in [5, 5.41) is 34.5. The Morgan fingerprint density at radius 2 is 1.93 bits per heavy atom. The van der Waals surface area contributed by atoms with Crippen LogP contribution in [0, 0.1) is 22.7 Å². The van der Waals surface area contributed by atoms with Crippen molar-refractivity contribution in [2.45, 2.75) is 75.3 Å². The number of hydrogen-bond acceptors (Lipinski definition) is 8.